The number of thiophene rings is 1. The van der Waals surface area contributed by atoms with E-state index < -0.39 is 0 Å². The highest BCUT2D eigenvalue weighted by atomic mass is 32.1. The van der Waals surface area contributed by atoms with Crippen molar-refractivity contribution in [1.29, 1.82) is 0 Å². The molecule has 0 saturated heterocycles. The van der Waals surface area contributed by atoms with E-state index in [1.807, 2.05) is 11.3 Å². The Bertz CT molecular complexity index is 1850. The van der Waals surface area contributed by atoms with Gasteiger partial charge in [-0.1, -0.05) is 97.1 Å². The lowest BCUT2D eigenvalue weighted by Crippen LogP contribution is -2.09. The summed E-state index contributed by atoms with van der Waals surface area (Å²) in [6, 6.07) is 54.4. The summed E-state index contributed by atoms with van der Waals surface area (Å²) in [4.78, 5) is 2.33. The predicted octanol–water partition coefficient (Wildman–Crippen LogP) is 10.9. The molecule has 0 N–H and O–H groups in total. The molecule has 0 aliphatic carbocycles. The minimum atomic E-state index is 1.13. The molecule has 0 aliphatic rings. The normalized spacial score (nSPS) is 11.2. The minimum absolute atomic E-state index is 1.13. The average molecular weight is 504 g/mol. The zero-order chi connectivity index (χ0) is 25.3. The Morgan fingerprint density at radius 1 is 0.342 bits per heavy atom. The standard InChI is InChI=1S/C36H25NS/c1-3-10-26(11-4-1)28-12-9-15-32(24-28)37(30-13-5-2-6-14-30)31-21-18-27(19-22-31)29-20-23-36-34(25-29)33-16-7-8-17-35(33)38-36/h1-25H. The van der Waals surface area contributed by atoms with Crippen LogP contribution < -0.4 is 4.90 Å². The molecule has 0 amide bonds. The Morgan fingerprint density at radius 2 is 0.895 bits per heavy atom. The van der Waals surface area contributed by atoms with Crippen LogP contribution in [-0.2, 0) is 0 Å². The lowest BCUT2D eigenvalue weighted by Gasteiger charge is -2.26. The van der Waals surface area contributed by atoms with Crippen molar-refractivity contribution in [1.82, 2.24) is 0 Å². The van der Waals surface area contributed by atoms with Crippen molar-refractivity contribution < 1.29 is 0 Å². The number of rotatable bonds is 5. The fraction of sp³-hybridized carbons (Fsp3) is 0. The number of hydrogen-bond acceptors (Lipinski definition) is 2. The highest BCUT2D eigenvalue weighted by molar-refractivity contribution is 7.25. The third-order valence-corrected chi connectivity index (χ3v) is 8.21. The van der Waals surface area contributed by atoms with E-state index in [0.717, 1.165) is 17.1 Å². The fourth-order valence-electron chi connectivity index (χ4n) is 5.19. The second kappa shape index (κ2) is 9.66. The molecule has 0 atom stereocenters. The summed E-state index contributed by atoms with van der Waals surface area (Å²) in [5, 5.41) is 2.66. The highest BCUT2D eigenvalue weighted by Crippen LogP contribution is 2.39. The maximum absolute atomic E-state index is 2.33. The summed E-state index contributed by atoms with van der Waals surface area (Å²) < 4.78 is 2.67. The van der Waals surface area contributed by atoms with Gasteiger partial charge in [-0.25, -0.2) is 0 Å². The van der Waals surface area contributed by atoms with Crippen molar-refractivity contribution in [2.45, 2.75) is 0 Å². The molecule has 180 valence electrons. The van der Waals surface area contributed by atoms with Crippen LogP contribution in [-0.4, -0.2) is 0 Å². The molecule has 7 rings (SSSR count). The molecule has 1 aromatic heterocycles. The maximum Gasteiger partial charge on any atom is 0.0467 e. The smallest absolute Gasteiger partial charge is 0.0467 e. The Morgan fingerprint density at radius 3 is 1.71 bits per heavy atom. The molecule has 2 heteroatoms. The summed E-state index contributed by atoms with van der Waals surface area (Å²) in [7, 11) is 0. The number of benzene rings is 6. The Hall–Kier alpha value is -4.66. The van der Waals surface area contributed by atoms with E-state index in [0.29, 0.717) is 0 Å². The third kappa shape index (κ3) is 4.15. The monoisotopic (exact) mass is 503 g/mol. The van der Waals surface area contributed by atoms with Crippen molar-refractivity contribution in [2.75, 3.05) is 4.90 Å². The van der Waals surface area contributed by atoms with Gasteiger partial charge in [0.25, 0.3) is 0 Å². The van der Waals surface area contributed by atoms with E-state index in [4.69, 9.17) is 0 Å². The predicted molar refractivity (Wildman–Crippen MR) is 165 cm³/mol. The van der Waals surface area contributed by atoms with E-state index >= 15 is 0 Å². The SMILES string of the molecule is c1ccc(-c2cccc(N(c3ccccc3)c3ccc(-c4ccc5sc6ccccc6c5c4)cc3)c2)cc1. The second-order valence-corrected chi connectivity index (χ2v) is 10.5. The van der Waals surface area contributed by atoms with Gasteiger partial charge in [-0.15, -0.1) is 11.3 Å². The van der Waals surface area contributed by atoms with Crippen LogP contribution in [0.4, 0.5) is 17.1 Å². The molecule has 0 spiro atoms. The van der Waals surface area contributed by atoms with Gasteiger partial charge >= 0.3 is 0 Å². The molecular weight excluding hydrogens is 478 g/mol. The van der Waals surface area contributed by atoms with Gasteiger partial charge in [0.05, 0.1) is 0 Å². The van der Waals surface area contributed by atoms with Crippen LogP contribution in [0.5, 0.6) is 0 Å². The van der Waals surface area contributed by atoms with E-state index in [-0.39, 0.29) is 0 Å². The van der Waals surface area contributed by atoms with Gasteiger partial charge in [0.1, 0.15) is 0 Å². The summed E-state index contributed by atoms with van der Waals surface area (Å²) >= 11 is 1.86. The number of nitrogens with zero attached hydrogens (tertiary/aromatic N) is 1. The van der Waals surface area contributed by atoms with Gasteiger partial charge in [-0.05, 0) is 76.9 Å². The summed E-state index contributed by atoms with van der Waals surface area (Å²) in [5.74, 6) is 0. The lowest BCUT2D eigenvalue weighted by molar-refractivity contribution is 1.28. The Labute approximate surface area is 226 Å². The van der Waals surface area contributed by atoms with Crippen molar-refractivity contribution in [3.05, 3.63) is 152 Å². The zero-order valence-electron chi connectivity index (χ0n) is 20.8. The third-order valence-electron chi connectivity index (χ3n) is 7.06. The van der Waals surface area contributed by atoms with E-state index in [9.17, 15) is 0 Å². The minimum Gasteiger partial charge on any atom is -0.310 e. The quantitative estimate of drug-likeness (QED) is 0.226. The van der Waals surface area contributed by atoms with Crippen LogP contribution >= 0.6 is 11.3 Å². The largest absolute Gasteiger partial charge is 0.310 e. The first-order chi connectivity index (χ1) is 18.8. The number of anilines is 3. The lowest BCUT2D eigenvalue weighted by atomic mass is 10.0. The summed E-state index contributed by atoms with van der Waals surface area (Å²) in [5.41, 5.74) is 8.29. The molecule has 6 aromatic carbocycles. The van der Waals surface area contributed by atoms with Crippen LogP contribution in [0.2, 0.25) is 0 Å². The maximum atomic E-state index is 2.33. The van der Waals surface area contributed by atoms with Crippen LogP contribution in [0.1, 0.15) is 0 Å². The highest BCUT2D eigenvalue weighted by Gasteiger charge is 2.14. The van der Waals surface area contributed by atoms with Gasteiger partial charge in [-0.2, -0.15) is 0 Å². The van der Waals surface area contributed by atoms with Gasteiger partial charge < -0.3 is 4.90 Å². The first kappa shape index (κ1) is 22.5. The average Bonchev–Trinajstić information content (AvgIpc) is 3.37. The van der Waals surface area contributed by atoms with Gasteiger partial charge in [0.15, 0.2) is 0 Å². The van der Waals surface area contributed by atoms with E-state index in [1.165, 1.54) is 42.4 Å². The Kier molecular flexibility index (Phi) is 5.73. The first-order valence-corrected chi connectivity index (χ1v) is 13.7. The molecule has 0 bridgehead atoms. The van der Waals surface area contributed by atoms with Crippen molar-refractivity contribution in [3.8, 4) is 22.3 Å². The Balaban J connectivity index is 1.29. The van der Waals surface area contributed by atoms with Crippen LogP contribution in [0, 0.1) is 0 Å². The molecule has 0 radical (unpaired) electrons. The zero-order valence-corrected chi connectivity index (χ0v) is 21.6. The van der Waals surface area contributed by atoms with E-state index in [2.05, 4.69) is 157 Å². The number of para-hydroxylation sites is 1. The van der Waals surface area contributed by atoms with Crippen LogP contribution in [0.15, 0.2) is 152 Å². The van der Waals surface area contributed by atoms with Crippen molar-refractivity contribution in [2.24, 2.45) is 0 Å². The van der Waals surface area contributed by atoms with Crippen molar-refractivity contribution in [3.63, 3.8) is 0 Å². The number of fused-ring (bicyclic) bond motifs is 3. The molecule has 1 heterocycles. The topological polar surface area (TPSA) is 3.24 Å². The second-order valence-electron chi connectivity index (χ2n) is 9.44. The molecule has 1 nitrogen and oxygen atoms in total. The molecule has 7 aromatic rings. The van der Waals surface area contributed by atoms with Gasteiger partial charge in [-0.3, -0.25) is 0 Å². The summed E-state index contributed by atoms with van der Waals surface area (Å²) in [6.07, 6.45) is 0. The first-order valence-electron chi connectivity index (χ1n) is 12.9. The number of hydrogen-bond donors (Lipinski definition) is 0. The fourth-order valence-corrected chi connectivity index (χ4v) is 6.27. The summed E-state index contributed by atoms with van der Waals surface area (Å²) in [6.45, 7) is 0. The van der Waals surface area contributed by atoms with E-state index in [1.54, 1.807) is 0 Å². The molecule has 0 unspecified atom stereocenters. The van der Waals surface area contributed by atoms with Gasteiger partial charge in [0.2, 0.25) is 0 Å². The van der Waals surface area contributed by atoms with Crippen LogP contribution in [0.25, 0.3) is 42.4 Å². The van der Waals surface area contributed by atoms with Crippen molar-refractivity contribution >= 4 is 48.6 Å². The molecule has 0 saturated carbocycles. The molecule has 0 aliphatic heterocycles. The molecule has 0 fully saturated rings. The molecular formula is C36H25NS. The van der Waals surface area contributed by atoms with Gasteiger partial charge in [0, 0.05) is 37.2 Å². The molecule has 38 heavy (non-hydrogen) atoms. The van der Waals surface area contributed by atoms with Crippen LogP contribution in [0.3, 0.4) is 0 Å².